The molecule has 0 spiro atoms. The van der Waals surface area contributed by atoms with E-state index in [1.807, 2.05) is 55.4 Å². The van der Waals surface area contributed by atoms with E-state index in [2.05, 4.69) is 9.78 Å². The third-order valence-electron chi connectivity index (χ3n) is 1.55. The van der Waals surface area contributed by atoms with Crippen LogP contribution in [0.1, 0.15) is 55.4 Å². The van der Waals surface area contributed by atoms with Gasteiger partial charge in [0.1, 0.15) is 0 Å². The molecule has 0 aromatic heterocycles. The Kier molecular flexibility index (Phi) is 51.0. The minimum atomic E-state index is 0.306. The van der Waals surface area contributed by atoms with Crippen LogP contribution in [0.3, 0.4) is 0 Å². The van der Waals surface area contributed by atoms with Crippen molar-refractivity contribution in [1.29, 1.82) is 0 Å². The van der Waals surface area contributed by atoms with Crippen LogP contribution in [0.2, 0.25) is 0 Å². The molecule has 0 saturated carbocycles. The monoisotopic (exact) mass is 392 g/mol. The molecule has 0 aromatic carbocycles. The molecule has 0 heterocycles. The van der Waals surface area contributed by atoms with E-state index in [1.165, 1.54) is 0 Å². The van der Waals surface area contributed by atoms with Crippen molar-refractivity contribution in [2.75, 3.05) is 26.4 Å². The van der Waals surface area contributed by atoms with Crippen LogP contribution in [0.5, 0.6) is 0 Å². The first-order valence-corrected chi connectivity index (χ1v) is 8.67. The molecule has 150 valence electrons. The number of rotatable bonds is 6. The molecule has 0 amide bonds. The molecule has 0 aliphatic carbocycles. The number of hydrogen-bond donors (Lipinski definition) is 4. The summed E-state index contributed by atoms with van der Waals surface area (Å²) in [6, 6.07) is 0. The summed E-state index contributed by atoms with van der Waals surface area (Å²) in [6.07, 6.45) is 0. The van der Waals surface area contributed by atoms with Crippen LogP contribution in [0.15, 0.2) is 0 Å². The first-order chi connectivity index (χ1) is 11.1. The predicted octanol–water partition coefficient (Wildman–Crippen LogP) is 3.41. The van der Waals surface area contributed by atoms with Gasteiger partial charge in [0, 0.05) is 13.2 Å². The predicted molar refractivity (Wildman–Crippen MR) is 91.4 cm³/mol. The van der Waals surface area contributed by atoms with E-state index in [0.717, 1.165) is 20.4 Å². The fourth-order valence-electron chi connectivity index (χ4n) is 0.298. The van der Waals surface area contributed by atoms with Gasteiger partial charge < -0.3 is 10.2 Å². The quantitative estimate of drug-likeness (QED) is 0.311. The zero-order valence-electron chi connectivity index (χ0n) is 16.7. The van der Waals surface area contributed by atoms with E-state index < -0.39 is 0 Å². The molecule has 0 unspecified atom stereocenters. The van der Waals surface area contributed by atoms with Crippen LogP contribution >= 0.6 is 0 Å². The Labute approximate surface area is 160 Å². The van der Waals surface area contributed by atoms with Gasteiger partial charge in [-0.1, -0.05) is 55.4 Å². The van der Waals surface area contributed by atoms with Crippen LogP contribution in [-0.4, -0.2) is 47.2 Å². The molecule has 0 rings (SSSR count). The second kappa shape index (κ2) is 34.6. The molecule has 4 N–H and O–H groups in total. The van der Waals surface area contributed by atoms with Gasteiger partial charge in [0.2, 0.25) is 0 Å². The molecular weight excluding hydrogens is 352 g/mol. The van der Waals surface area contributed by atoms with Crippen molar-refractivity contribution in [3.8, 4) is 0 Å². The van der Waals surface area contributed by atoms with Gasteiger partial charge in [-0.25, -0.2) is 9.78 Å². The Morgan fingerprint density at radius 2 is 0.792 bits per heavy atom. The number of aliphatic hydroxyl groups is 2. The minimum absolute atomic E-state index is 0.306. The van der Waals surface area contributed by atoms with E-state index in [1.54, 1.807) is 0 Å². The Morgan fingerprint density at radius 1 is 0.625 bits per heavy atom. The molecule has 0 aliphatic rings. The maximum absolute atomic E-state index is 8.25. The second-order valence-electron chi connectivity index (χ2n) is 6.53. The molecule has 0 fully saturated rings. The third-order valence-corrected chi connectivity index (χ3v) is 1.55. The van der Waals surface area contributed by atoms with Gasteiger partial charge >= 0.3 is 23.7 Å². The van der Waals surface area contributed by atoms with Crippen molar-refractivity contribution in [3.05, 3.63) is 0 Å². The van der Waals surface area contributed by atoms with Gasteiger partial charge in [0.25, 0.3) is 0 Å². The first-order valence-electron chi connectivity index (χ1n) is 8.03. The zero-order chi connectivity index (χ0) is 20.6. The normalized spacial score (nSPS) is 9.12. The van der Waals surface area contributed by atoms with Crippen molar-refractivity contribution in [2.45, 2.75) is 55.4 Å². The van der Waals surface area contributed by atoms with Gasteiger partial charge in [-0.15, -0.1) is 0 Å². The van der Waals surface area contributed by atoms with Gasteiger partial charge in [-0.2, -0.15) is 0 Å². The van der Waals surface area contributed by atoms with Crippen LogP contribution < -0.4 is 0 Å². The van der Waals surface area contributed by atoms with Crippen molar-refractivity contribution in [3.63, 3.8) is 0 Å². The molecular formula is C16H40O7Ti. The summed E-state index contributed by atoms with van der Waals surface area (Å²) in [5, 5.41) is 31.8. The zero-order valence-corrected chi connectivity index (χ0v) is 18.2. The van der Waals surface area contributed by atoms with E-state index >= 15 is 0 Å². The van der Waals surface area contributed by atoms with E-state index in [9.17, 15) is 0 Å². The summed E-state index contributed by atoms with van der Waals surface area (Å²) in [4.78, 5) is 7.61. The van der Waals surface area contributed by atoms with Gasteiger partial charge in [-0.05, 0) is 23.7 Å². The van der Waals surface area contributed by atoms with Crippen molar-refractivity contribution in [2.24, 2.45) is 23.7 Å². The maximum atomic E-state index is 8.25. The summed E-state index contributed by atoms with van der Waals surface area (Å²) in [6.45, 7) is 17.2. The Bertz CT molecular complexity index is 162. The van der Waals surface area contributed by atoms with Crippen LogP contribution in [0.4, 0.5) is 0 Å². The molecule has 0 atom stereocenters. The second-order valence-corrected chi connectivity index (χ2v) is 6.53. The Hall–Kier alpha value is 0.274. The summed E-state index contributed by atoms with van der Waals surface area (Å²) in [5.41, 5.74) is 0. The average Bonchev–Trinajstić information content (AvgIpc) is 2.50. The number of hydrogen-bond acceptors (Lipinski definition) is 7. The molecule has 8 heteroatoms. The van der Waals surface area contributed by atoms with Crippen molar-refractivity contribution < 1.29 is 54.2 Å². The standard InChI is InChI=1S/2C4H10O2.2C4H10O.O.Ti/c2*1-4(2)3-6-5;2*1-4(2)3-5;;/h2*4-5H,3H2,1-2H3;2*4-5H,3H2,1-2H3;;. The van der Waals surface area contributed by atoms with Gasteiger partial charge in [0.05, 0.1) is 13.2 Å². The summed E-state index contributed by atoms with van der Waals surface area (Å²) >= 11 is 0.750. The summed E-state index contributed by atoms with van der Waals surface area (Å²) < 4.78 is 8.25. The van der Waals surface area contributed by atoms with Crippen LogP contribution in [0.25, 0.3) is 0 Å². The third kappa shape index (κ3) is 95.5. The molecule has 0 aliphatic heterocycles. The van der Waals surface area contributed by atoms with E-state index in [4.69, 9.17) is 24.1 Å². The topological polar surface area (TPSA) is 116 Å². The molecule has 0 radical (unpaired) electrons. The molecule has 0 bridgehead atoms. The van der Waals surface area contributed by atoms with Crippen LogP contribution in [0, 0.1) is 23.7 Å². The van der Waals surface area contributed by atoms with Crippen molar-refractivity contribution >= 4 is 0 Å². The first kappa shape index (κ1) is 35.4. The molecule has 0 aromatic rings. The SMILES string of the molecule is CC(C)CO.CC(C)CO.CC(C)COO.CC(C)COO.[O]=[Ti]. The van der Waals surface area contributed by atoms with E-state index in [0.29, 0.717) is 50.1 Å². The van der Waals surface area contributed by atoms with E-state index in [-0.39, 0.29) is 0 Å². The fraction of sp³-hybridized carbons (Fsp3) is 1.00. The van der Waals surface area contributed by atoms with Gasteiger partial charge in [-0.3, -0.25) is 10.5 Å². The average molecular weight is 392 g/mol. The van der Waals surface area contributed by atoms with Crippen molar-refractivity contribution in [1.82, 2.24) is 0 Å². The Balaban J connectivity index is -0.0000000647. The Morgan fingerprint density at radius 3 is 0.792 bits per heavy atom. The van der Waals surface area contributed by atoms with Crippen LogP contribution in [-0.2, 0) is 33.5 Å². The summed E-state index contributed by atoms with van der Waals surface area (Å²) in [7, 11) is 0. The number of aliphatic hydroxyl groups excluding tert-OH is 2. The molecule has 24 heavy (non-hydrogen) atoms. The molecule has 0 saturated heterocycles. The summed E-state index contributed by atoms with van der Waals surface area (Å²) in [5.74, 6) is 1.73. The fourth-order valence-corrected chi connectivity index (χ4v) is 0.298. The van der Waals surface area contributed by atoms with Gasteiger partial charge in [0.15, 0.2) is 0 Å². The molecule has 7 nitrogen and oxygen atoms in total.